The molecule has 0 aliphatic rings. The summed E-state index contributed by atoms with van der Waals surface area (Å²) in [5.74, 6) is 0.533. The van der Waals surface area contributed by atoms with Crippen LogP contribution >= 0.6 is 0 Å². The first-order valence-electron chi connectivity index (χ1n) is 6.76. The van der Waals surface area contributed by atoms with Crippen LogP contribution in [0.1, 0.15) is 23.7 Å². The summed E-state index contributed by atoms with van der Waals surface area (Å²) in [6.07, 6.45) is 6.17. The van der Waals surface area contributed by atoms with Crippen molar-refractivity contribution in [3.63, 3.8) is 0 Å². The minimum absolute atomic E-state index is 0.0981. The zero-order valence-electron chi connectivity index (χ0n) is 11.5. The number of hydrogen-bond acceptors (Lipinski definition) is 4. The maximum Gasteiger partial charge on any atom is 0.251 e. The third-order valence-corrected chi connectivity index (χ3v) is 2.76. The number of nitrogens with one attached hydrogen (secondary N) is 2. The van der Waals surface area contributed by atoms with Gasteiger partial charge in [-0.05, 0) is 31.2 Å². The van der Waals surface area contributed by atoms with Crippen LogP contribution in [0, 0.1) is 0 Å². The maximum absolute atomic E-state index is 12.0. The van der Waals surface area contributed by atoms with E-state index in [9.17, 15) is 4.79 Å². The number of rotatable bonds is 7. The van der Waals surface area contributed by atoms with E-state index in [1.807, 2.05) is 6.07 Å². The third-order valence-electron chi connectivity index (χ3n) is 2.76. The molecule has 2 aromatic rings. The highest BCUT2D eigenvalue weighted by Gasteiger charge is 2.07. The van der Waals surface area contributed by atoms with Crippen molar-refractivity contribution in [2.45, 2.75) is 13.3 Å². The normalized spacial score (nSPS) is 10.4. The van der Waals surface area contributed by atoms with Crippen molar-refractivity contribution in [2.24, 2.45) is 0 Å². The lowest BCUT2D eigenvalue weighted by molar-refractivity contribution is 0.0954. The van der Waals surface area contributed by atoms with Crippen molar-refractivity contribution in [1.29, 1.82) is 0 Å². The van der Waals surface area contributed by atoms with Crippen LogP contribution in [0.5, 0.6) is 0 Å². The summed E-state index contributed by atoms with van der Waals surface area (Å²) in [4.78, 5) is 16.2. The van der Waals surface area contributed by atoms with Crippen LogP contribution < -0.4 is 10.6 Å². The van der Waals surface area contributed by atoms with E-state index in [1.165, 1.54) is 0 Å². The van der Waals surface area contributed by atoms with Gasteiger partial charge in [-0.15, -0.1) is 0 Å². The molecule has 0 saturated carbocycles. The lowest BCUT2D eigenvalue weighted by Gasteiger charge is -2.07. The van der Waals surface area contributed by atoms with E-state index in [0.717, 1.165) is 19.5 Å². The molecule has 0 atom stereocenters. The molecular formula is C14H19N5O. The lowest BCUT2D eigenvalue weighted by Crippen LogP contribution is -2.32. The molecular weight excluding hydrogens is 254 g/mol. The van der Waals surface area contributed by atoms with Crippen molar-refractivity contribution in [3.05, 3.63) is 42.4 Å². The van der Waals surface area contributed by atoms with Crippen molar-refractivity contribution in [3.8, 4) is 5.82 Å². The molecule has 0 aromatic carbocycles. The Kier molecular flexibility index (Phi) is 5.25. The Morgan fingerprint density at radius 3 is 2.95 bits per heavy atom. The summed E-state index contributed by atoms with van der Waals surface area (Å²) in [6.45, 7) is 4.46. The van der Waals surface area contributed by atoms with Crippen LogP contribution in [0.4, 0.5) is 0 Å². The number of amides is 1. The van der Waals surface area contributed by atoms with E-state index in [0.29, 0.717) is 17.9 Å². The second kappa shape index (κ2) is 7.40. The molecule has 20 heavy (non-hydrogen) atoms. The van der Waals surface area contributed by atoms with Gasteiger partial charge in [-0.2, -0.15) is 5.10 Å². The molecule has 106 valence electrons. The van der Waals surface area contributed by atoms with E-state index in [4.69, 9.17) is 0 Å². The van der Waals surface area contributed by atoms with Crippen LogP contribution in [0.15, 0.2) is 36.8 Å². The predicted octanol–water partition coefficient (Wildman–Crippen LogP) is 0.997. The SMILES string of the molecule is CCCNCCNC(=O)c1ccnc(-n2cccn2)c1. The Balaban J connectivity index is 1.92. The highest BCUT2D eigenvalue weighted by Crippen LogP contribution is 2.05. The molecule has 0 aliphatic heterocycles. The van der Waals surface area contributed by atoms with Gasteiger partial charge in [0.25, 0.3) is 5.91 Å². The topological polar surface area (TPSA) is 71.8 Å². The first-order valence-corrected chi connectivity index (χ1v) is 6.76. The molecule has 2 rings (SSSR count). The Bertz CT molecular complexity index is 538. The fourth-order valence-electron chi connectivity index (χ4n) is 1.76. The molecule has 6 nitrogen and oxygen atoms in total. The van der Waals surface area contributed by atoms with Gasteiger partial charge in [0.2, 0.25) is 0 Å². The van der Waals surface area contributed by atoms with Gasteiger partial charge in [0.15, 0.2) is 5.82 Å². The molecule has 2 heterocycles. The van der Waals surface area contributed by atoms with E-state index in [1.54, 1.807) is 35.4 Å². The molecule has 0 bridgehead atoms. The van der Waals surface area contributed by atoms with Crippen LogP contribution in [-0.2, 0) is 0 Å². The number of aromatic nitrogens is 3. The average Bonchev–Trinajstić information content (AvgIpc) is 3.01. The highest BCUT2D eigenvalue weighted by molar-refractivity contribution is 5.94. The van der Waals surface area contributed by atoms with Gasteiger partial charge in [0.05, 0.1) is 0 Å². The van der Waals surface area contributed by atoms with E-state index in [-0.39, 0.29) is 5.91 Å². The third kappa shape index (κ3) is 3.89. The molecule has 1 amide bonds. The molecule has 0 aliphatic carbocycles. The molecule has 0 fully saturated rings. The molecule has 0 saturated heterocycles. The van der Waals surface area contributed by atoms with Gasteiger partial charge in [-0.3, -0.25) is 4.79 Å². The maximum atomic E-state index is 12.0. The number of nitrogens with zero attached hydrogens (tertiary/aromatic N) is 3. The molecule has 0 radical (unpaired) electrons. The first-order chi connectivity index (χ1) is 9.81. The summed E-state index contributed by atoms with van der Waals surface area (Å²) in [5.41, 5.74) is 0.584. The number of carbonyl (C=O) groups excluding carboxylic acids is 1. The van der Waals surface area contributed by atoms with Crippen molar-refractivity contribution < 1.29 is 4.79 Å². The second-order valence-electron chi connectivity index (χ2n) is 4.36. The van der Waals surface area contributed by atoms with Crippen LogP contribution in [0.25, 0.3) is 5.82 Å². The van der Waals surface area contributed by atoms with Crippen molar-refractivity contribution in [1.82, 2.24) is 25.4 Å². The number of hydrogen-bond donors (Lipinski definition) is 2. The minimum Gasteiger partial charge on any atom is -0.351 e. The van der Waals surface area contributed by atoms with Crippen LogP contribution in [0.3, 0.4) is 0 Å². The van der Waals surface area contributed by atoms with Crippen molar-refractivity contribution >= 4 is 5.91 Å². The Morgan fingerprint density at radius 1 is 1.30 bits per heavy atom. The number of pyridine rings is 1. The van der Waals surface area contributed by atoms with Gasteiger partial charge in [0, 0.05) is 37.2 Å². The molecule has 2 N–H and O–H groups in total. The fourth-order valence-corrected chi connectivity index (χ4v) is 1.76. The Morgan fingerprint density at radius 2 is 2.20 bits per heavy atom. The van der Waals surface area contributed by atoms with Gasteiger partial charge < -0.3 is 10.6 Å². The van der Waals surface area contributed by atoms with Crippen LogP contribution in [-0.4, -0.2) is 40.3 Å². The smallest absolute Gasteiger partial charge is 0.251 e. The Hall–Kier alpha value is -2.21. The van der Waals surface area contributed by atoms with E-state index >= 15 is 0 Å². The summed E-state index contributed by atoms with van der Waals surface area (Å²) < 4.78 is 1.62. The molecule has 6 heteroatoms. The molecule has 0 unspecified atom stereocenters. The van der Waals surface area contributed by atoms with Crippen LogP contribution in [0.2, 0.25) is 0 Å². The van der Waals surface area contributed by atoms with E-state index in [2.05, 4.69) is 27.6 Å². The fraction of sp³-hybridized carbons (Fsp3) is 0.357. The van der Waals surface area contributed by atoms with Gasteiger partial charge >= 0.3 is 0 Å². The number of carbonyl (C=O) groups is 1. The summed E-state index contributed by atoms with van der Waals surface area (Å²) in [6, 6.07) is 5.23. The zero-order chi connectivity index (χ0) is 14.2. The summed E-state index contributed by atoms with van der Waals surface area (Å²) in [7, 11) is 0. The summed E-state index contributed by atoms with van der Waals surface area (Å²) >= 11 is 0. The lowest BCUT2D eigenvalue weighted by atomic mass is 10.2. The molecule has 2 aromatic heterocycles. The highest BCUT2D eigenvalue weighted by atomic mass is 16.1. The van der Waals surface area contributed by atoms with Gasteiger partial charge in [0.1, 0.15) is 0 Å². The zero-order valence-corrected chi connectivity index (χ0v) is 11.5. The van der Waals surface area contributed by atoms with Crippen molar-refractivity contribution in [2.75, 3.05) is 19.6 Å². The van der Waals surface area contributed by atoms with E-state index < -0.39 is 0 Å². The minimum atomic E-state index is -0.0981. The summed E-state index contributed by atoms with van der Waals surface area (Å²) in [5, 5.41) is 10.2. The Labute approximate surface area is 118 Å². The average molecular weight is 273 g/mol. The second-order valence-corrected chi connectivity index (χ2v) is 4.36. The first kappa shape index (κ1) is 14.2. The largest absolute Gasteiger partial charge is 0.351 e. The quantitative estimate of drug-likeness (QED) is 0.738. The monoisotopic (exact) mass is 273 g/mol. The predicted molar refractivity (Wildman–Crippen MR) is 76.9 cm³/mol. The standard InChI is InChI=1S/C14H19N5O/c1-2-5-15-8-9-17-14(20)12-4-7-16-13(11-12)19-10-3-6-18-19/h3-4,6-7,10-11,15H,2,5,8-9H2,1H3,(H,17,20). The van der Waals surface area contributed by atoms with Gasteiger partial charge in [-0.1, -0.05) is 6.92 Å². The molecule has 0 spiro atoms. The van der Waals surface area contributed by atoms with Gasteiger partial charge in [-0.25, -0.2) is 9.67 Å².